The first kappa shape index (κ1) is 88.7. The lowest BCUT2D eigenvalue weighted by Crippen LogP contribution is -2.21. The van der Waals surface area contributed by atoms with E-state index in [4.69, 9.17) is 24.4 Å². The number of rotatable bonds is 60. The summed E-state index contributed by atoms with van der Waals surface area (Å²) in [6, 6.07) is 0. The summed E-state index contributed by atoms with van der Waals surface area (Å²) in [6.45, 7) is 15.4. The first-order chi connectivity index (χ1) is 41.3. The van der Waals surface area contributed by atoms with E-state index in [9.17, 15) is 24.0 Å². The molecule has 0 amide bonds. The Morgan fingerprint density at radius 2 is 0.588 bits per heavy atom. The number of aliphatic hydroxyl groups is 2. The van der Waals surface area contributed by atoms with Gasteiger partial charge in [0.15, 0.2) is 0 Å². The lowest BCUT2D eigenvalue weighted by molar-refractivity contribution is -0.147. The number of ketones is 1. The minimum atomic E-state index is -0.954. The zero-order valence-corrected chi connectivity index (χ0v) is 57.8. The van der Waals surface area contributed by atoms with Gasteiger partial charge in [-0.1, -0.05) is 324 Å². The maximum atomic E-state index is 11.8. The Balaban J connectivity index is -0.000000552. The van der Waals surface area contributed by atoms with Crippen LogP contribution in [0.4, 0.5) is 4.79 Å². The Morgan fingerprint density at radius 1 is 0.341 bits per heavy atom. The summed E-state index contributed by atoms with van der Waals surface area (Å²) in [4.78, 5) is 55.6. The molecule has 0 radical (unpaired) electrons. The van der Waals surface area contributed by atoms with E-state index in [1.807, 2.05) is 0 Å². The second-order valence-corrected chi connectivity index (χ2v) is 24.7. The smallest absolute Gasteiger partial charge is 0.465 e. The molecule has 12 heteroatoms. The number of carbonyl (C=O) groups is 5. The van der Waals surface area contributed by atoms with Gasteiger partial charge in [-0.15, -0.1) is 0 Å². The second-order valence-electron chi connectivity index (χ2n) is 24.7. The lowest BCUT2D eigenvalue weighted by atomic mass is 10.0. The largest absolute Gasteiger partial charge is 0.507 e. The predicted octanol–water partition coefficient (Wildman–Crippen LogP) is 21.6. The van der Waals surface area contributed by atoms with Crippen LogP contribution in [0.3, 0.4) is 0 Å². The van der Waals surface area contributed by atoms with Gasteiger partial charge >= 0.3 is 24.1 Å². The maximum Gasteiger partial charge on any atom is 0.507 e. The molecule has 0 saturated carbocycles. The van der Waals surface area contributed by atoms with Crippen LogP contribution in [-0.4, -0.2) is 86.8 Å². The topological polar surface area (TPSA) is 172 Å². The lowest BCUT2D eigenvalue weighted by Gasteiger charge is -2.14. The number of hydrogen-bond acceptors (Lipinski definition) is 12. The molecule has 85 heavy (non-hydrogen) atoms. The van der Waals surface area contributed by atoms with Crippen molar-refractivity contribution < 1.29 is 57.9 Å². The van der Waals surface area contributed by atoms with Gasteiger partial charge in [0.05, 0.1) is 34.0 Å². The Labute approximate surface area is 526 Å². The van der Waals surface area contributed by atoms with E-state index in [0.717, 1.165) is 51.4 Å². The highest BCUT2D eigenvalue weighted by atomic mass is 16.7. The van der Waals surface area contributed by atoms with Crippen LogP contribution in [0.25, 0.3) is 0 Å². The first-order valence-electron chi connectivity index (χ1n) is 36.2. The van der Waals surface area contributed by atoms with Crippen LogP contribution in [-0.2, 0) is 42.9 Å². The van der Waals surface area contributed by atoms with E-state index in [1.165, 1.54) is 271 Å². The summed E-state index contributed by atoms with van der Waals surface area (Å²) in [5.41, 5.74) is 0. The van der Waals surface area contributed by atoms with Crippen LogP contribution >= 0.6 is 0 Å². The van der Waals surface area contributed by atoms with Crippen LogP contribution in [0.5, 0.6) is 0 Å². The van der Waals surface area contributed by atoms with Gasteiger partial charge < -0.3 is 38.7 Å². The molecule has 0 saturated heterocycles. The number of ether oxygens (including phenoxy) is 5. The molecule has 3 atom stereocenters. The third kappa shape index (κ3) is 83.4. The molecular weight excluding hydrogens is 1070 g/mol. The third-order valence-corrected chi connectivity index (χ3v) is 16.1. The van der Waals surface area contributed by atoms with Gasteiger partial charge in [0.25, 0.3) is 0 Å². The van der Waals surface area contributed by atoms with E-state index >= 15 is 0 Å². The van der Waals surface area contributed by atoms with Crippen LogP contribution < -0.4 is 0 Å². The van der Waals surface area contributed by atoms with E-state index in [2.05, 4.69) is 51.0 Å². The molecule has 508 valence electrons. The van der Waals surface area contributed by atoms with Gasteiger partial charge in [-0.25, -0.2) is 4.79 Å². The van der Waals surface area contributed by atoms with Crippen LogP contribution in [0.2, 0.25) is 0 Å². The van der Waals surface area contributed by atoms with Crippen molar-refractivity contribution in [3.63, 3.8) is 0 Å². The van der Waals surface area contributed by atoms with Crippen molar-refractivity contribution in [3.05, 3.63) is 0 Å². The number of hydrogen-bond donors (Lipinski definition) is 2. The zero-order valence-electron chi connectivity index (χ0n) is 57.8. The molecule has 0 aromatic heterocycles. The molecule has 0 aliphatic carbocycles. The van der Waals surface area contributed by atoms with Crippen molar-refractivity contribution in [2.45, 2.75) is 388 Å². The molecule has 2 N–H and O–H groups in total. The van der Waals surface area contributed by atoms with Crippen molar-refractivity contribution in [2.75, 3.05) is 40.6 Å². The number of carbonyl (C=O) groups excluding carboxylic acids is 5. The summed E-state index contributed by atoms with van der Waals surface area (Å²) in [7, 11) is 2.51. The number of esters is 3. The zero-order chi connectivity index (χ0) is 63.8. The number of aliphatic hydroxyl groups excluding tert-OH is 2. The van der Waals surface area contributed by atoms with Crippen LogP contribution in [0.15, 0.2) is 0 Å². The Hall–Kier alpha value is -2.73. The van der Waals surface area contributed by atoms with E-state index in [1.54, 1.807) is 6.92 Å². The van der Waals surface area contributed by atoms with Gasteiger partial charge in [0.1, 0.15) is 18.5 Å². The molecule has 12 nitrogen and oxygen atoms in total. The minimum Gasteiger partial charge on any atom is -0.465 e. The molecule has 0 spiro atoms. The van der Waals surface area contributed by atoms with Crippen molar-refractivity contribution in [2.24, 2.45) is 11.8 Å². The molecule has 0 aliphatic heterocycles. The highest BCUT2D eigenvalue weighted by Gasteiger charge is 2.12. The van der Waals surface area contributed by atoms with Crippen molar-refractivity contribution in [1.29, 1.82) is 0 Å². The van der Waals surface area contributed by atoms with E-state index < -0.39 is 12.3 Å². The molecule has 0 bridgehead atoms. The average Bonchev–Trinajstić information content (AvgIpc) is 3.51. The van der Waals surface area contributed by atoms with Crippen molar-refractivity contribution >= 4 is 29.8 Å². The Morgan fingerprint density at radius 3 is 0.800 bits per heavy atom. The highest BCUT2D eigenvalue weighted by molar-refractivity contribution is 5.75. The monoisotopic (exact) mass is 1210 g/mol. The fourth-order valence-electron chi connectivity index (χ4n) is 9.84. The summed E-state index contributed by atoms with van der Waals surface area (Å²) < 4.78 is 23.6. The fraction of sp³-hybridized carbons (Fsp3) is 0.932. The van der Waals surface area contributed by atoms with Crippen molar-refractivity contribution in [3.8, 4) is 0 Å². The SMILES string of the molecule is CCCCCCCCCCCCCCCCCC(=O)OCC(C)CC.CCCCCCCCCCCCCCCCCC(=O)OCC(CC)CCC(C)=O.CCCCCCCCCCCCCCCCCC(=O)OCC(O)CO.COC(=O)OC. The maximum absolute atomic E-state index is 11.8. The van der Waals surface area contributed by atoms with Crippen molar-refractivity contribution in [1.82, 2.24) is 0 Å². The molecule has 0 heterocycles. The Bertz CT molecular complexity index is 1300. The molecular formula is C73H144O12. The molecule has 0 fully saturated rings. The minimum absolute atomic E-state index is 0.00464. The number of Topliss-reactive ketones (excluding diaryl/α,β-unsaturated/α-hetero) is 1. The summed E-state index contributed by atoms with van der Waals surface area (Å²) >= 11 is 0. The number of unbranched alkanes of at least 4 members (excludes halogenated alkanes) is 42. The van der Waals surface area contributed by atoms with Gasteiger partial charge in [0, 0.05) is 25.7 Å². The number of methoxy groups -OCH3 is 2. The average molecular weight is 1210 g/mol. The van der Waals surface area contributed by atoms with Gasteiger partial charge in [0.2, 0.25) is 0 Å². The van der Waals surface area contributed by atoms with Crippen LogP contribution in [0, 0.1) is 11.8 Å². The third-order valence-electron chi connectivity index (χ3n) is 16.1. The molecule has 0 aromatic rings. The molecule has 0 rings (SSSR count). The van der Waals surface area contributed by atoms with Gasteiger partial charge in [-0.2, -0.15) is 0 Å². The predicted molar refractivity (Wildman–Crippen MR) is 357 cm³/mol. The quantitative estimate of drug-likeness (QED) is 0.0336. The summed E-state index contributed by atoms with van der Waals surface area (Å²) in [6.07, 6.45) is 63.3. The van der Waals surface area contributed by atoms with Gasteiger partial charge in [-0.05, 0) is 44.4 Å². The van der Waals surface area contributed by atoms with E-state index in [-0.39, 0.29) is 36.9 Å². The second kappa shape index (κ2) is 77.4. The Kier molecular flexibility index (Phi) is 80.7. The first-order valence-corrected chi connectivity index (χ1v) is 36.2. The standard InChI is InChI=1S/C26H50O3.C23H46O2.C21H42O4.C3H6O3/c1-4-6-7-8-9-10-11-12-13-14-15-16-17-18-19-20-26(28)29-23-25(5-2)22-21-24(3)27;1-4-6-7-8-9-10-11-12-13-14-15-16-17-18-19-20-23(24)25-21-22(3)5-2;1-2-3-4-5-6-7-8-9-10-11-12-13-14-15-16-17-21(24)25-19-20(23)18-22;1-5-3(4)6-2/h25H,4-23H2,1-3H3;22H,4-21H2,1-3H3;20,22-23H,2-19H2,1H3;1-2H3. The summed E-state index contributed by atoms with van der Waals surface area (Å²) in [5, 5.41) is 17.7. The molecule has 0 aromatic carbocycles. The normalized spacial score (nSPS) is 11.8. The fourth-order valence-corrected chi connectivity index (χ4v) is 9.84. The van der Waals surface area contributed by atoms with E-state index in [0.29, 0.717) is 50.7 Å². The summed E-state index contributed by atoms with van der Waals surface area (Å²) in [5.74, 6) is 0.680. The highest BCUT2D eigenvalue weighted by Crippen LogP contribution is 2.18. The van der Waals surface area contributed by atoms with Crippen LogP contribution in [0.1, 0.15) is 382 Å². The molecule has 0 aliphatic rings. The van der Waals surface area contributed by atoms with Gasteiger partial charge in [-0.3, -0.25) is 14.4 Å². The molecule has 3 unspecified atom stereocenters.